The van der Waals surface area contributed by atoms with Crippen LogP contribution in [0.4, 0.5) is 5.69 Å². The Labute approximate surface area is 158 Å². The first kappa shape index (κ1) is 18.6. The number of amides is 2. The minimum absolute atomic E-state index is 0.0727. The zero-order valence-electron chi connectivity index (χ0n) is 15.6. The van der Waals surface area contributed by atoms with Gasteiger partial charge in [-0.3, -0.25) is 14.5 Å². The molecule has 1 N–H and O–H groups in total. The summed E-state index contributed by atoms with van der Waals surface area (Å²) in [7, 11) is 0. The van der Waals surface area contributed by atoms with Crippen LogP contribution in [-0.2, 0) is 16.0 Å². The standard InChI is InChI=1S/C21H23N3O3/c1-3-6-16-9-11-17(12-10-16)15(2)22-23-20(25)13-24-18-7-4-5-8-19(18)27-14-21(24)26/h4-5,7-12H,3,6,13-14H2,1-2H3,(H,23,25)/b22-15-. The molecule has 2 amide bonds. The van der Waals surface area contributed by atoms with Crippen LogP contribution in [0.1, 0.15) is 31.4 Å². The summed E-state index contributed by atoms with van der Waals surface area (Å²) in [5, 5.41) is 4.16. The quantitative estimate of drug-likeness (QED) is 0.632. The Bertz CT molecular complexity index is 859. The van der Waals surface area contributed by atoms with Crippen LogP contribution >= 0.6 is 0 Å². The summed E-state index contributed by atoms with van der Waals surface area (Å²) >= 11 is 0. The number of hydrogen-bond donors (Lipinski definition) is 1. The van der Waals surface area contributed by atoms with E-state index in [1.165, 1.54) is 10.5 Å². The third kappa shape index (κ3) is 4.53. The predicted octanol–water partition coefficient (Wildman–Crippen LogP) is 2.90. The van der Waals surface area contributed by atoms with Crippen molar-refractivity contribution in [2.45, 2.75) is 26.7 Å². The van der Waals surface area contributed by atoms with Crippen molar-refractivity contribution in [2.75, 3.05) is 18.1 Å². The van der Waals surface area contributed by atoms with Gasteiger partial charge in [0.05, 0.1) is 11.4 Å². The first-order valence-electron chi connectivity index (χ1n) is 9.03. The molecule has 0 spiro atoms. The average molecular weight is 365 g/mol. The highest BCUT2D eigenvalue weighted by Crippen LogP contribution is 2.31. The van der Waals surface area contributed by atoms with Crippen LogP contribution in [0.5, 0.6) is 5.75 Å². The molecule has 0 unspecified atom stereocenters. The van der Waals surface area contributed by atoms with Crippen LogP contribution in [0.3, 0.4) is 0 Å². The van der Waals surface area contributed by atoms with Gasteiger partial charge in [-0.25, -0.2) is 5.43 Å². The lowest BCUT2D eigenvalue weighted by Gasteiger charge is -2.28. The molecule has 0 aliphatic carbocycles. The van der Waals surface area contributed by atoms with E-state index in [1.54, 1.807) is 18.2 Å². The van der Waals surface area contributed by atoms with Crippen LogP contribution in [0, 0.1) is 0 Å². The summed E-state index contributed by atoms with van der Waals surface area (Å²) in [4.78, 5) is 25.8. The van der Waals surface area contributed by atoms with Gasteiger partial charge < -0.3 is 4.74 Å². The van der Waals surface area contributed by atoms with E-state index in [9.17, 15) is 9.59 Å². The number of aryl methyl sites for hydroxylation is 1. The Balaban J connectivity index is 1.64. The Hall–Kier alpha value is -3.15. The number of hydrogen-bond acceptors (Lipinski definition) is 4. The molecule has 0 atom stereocenters. The third-order valence-electron chi connectivity index (χ3n) is 4.37. The summed E-state index contributed by atoms with van der Waals surface area (Å²) in [5.41, 5.74) is 6.06. The molecule has 3 rings (SSSR count). The molecule has 1 aliphatic rings. The van der Waals surface area contributed by atoms with Crippen molar-refractivity contribution in [2.24, 2.45) is 5.10 Å². The number of carbonyl (C=O) groups is 2. The van der Waals surface area contributed by atoms with E-state index in [-0.39, 0.29) is 25.0 Å². The van der Waals surface area contributed by atoms with E-state index in [0.717, 1.165) is 18.4 Å². The number of nitrogens with one attached hydrogen (secondary N) is 1. The molecule has 0 bridgehead atoms. The second-order valence-electron chi connectivity index (χ2n) is 6.42. The average Bonchev–Trinajstić information content (AvgIpc) is 2.69. The smallest absolute Gasteiger partial charge is 0.265 e. The molecular formula is C21H23N3O3. The first-order chi connectivity index (χ1) is 13.1. The molecule has 6 heteroatoms. The molecule has 0 aromatic heterocycles. The monoisotopic (exact) mass is 365 g/mol. The molecule has 0 radical (unpaired) electrons. The lowest BCUT2D eigenvalue weighted by Crippen LogP contribution is -2.44. The van der Waals surface area contributed by atoms with E-state index in [4.69, 9.17) is 4.74 Å². The van der Waals surface area contributed by atoms with Crippen molar-refractivity contribution in [1.29, 1.82) is 0 Å². The van der Waals surface area contributed by atoms with E-state index < -0.39 is 0 Å². The van der Waals surface area contributed by atoms with Gasteiger partial charge in [0.1, 0.15) is 12.3 Å². The van der Waals surface area contributed by atoms with Crippen molar-refractivity contribution >= 4 is 23.2 Å². The minimum atomic E-state index is -0.359. The van der Waals surface area contributed by atoms with Gasteiger partial charge in [0.25, 0.3) is 11.8 Å². The van der Waals surface area contributed by atoms with Crippen molar-refractivity contribution < 1.29 is 14.3 Å². The van der Waals surface area contributed by atoms with Gasteiger partial charge in [0, 0.05) is 0 Å². The van der Waals surface area contributed by atoms with Gasteiger partial charge in [-0.15, -0.1) is 0 Å². The Morgan fingerprint density at radius 2 is 1.93 bits per heavy atom. The fourth-order valence-corrected chi connectivity index (χ4v) is 2.92. The lowest BCUT2D eigenvalue weighted by molar-refractivity contribution is -0.125. The molecule has 2 aromatic carbocycles. The maximum atomic E-state index is 12.3. The van der Waals surface area contributed by atoms with Gasteiger partial charge in [0.15, 0.2) is 6.61 Å². The van der Waals surface area contributed by atoms with E-state index in [1.807, 2.05) is 25.1 Å². The summed E-state index contributed by atoms with van der Waals surface area (Å²) in [5.74, 6) is -0.0187. The number of rotatable bonds is 6. The van der Waals surface area contributed by atoms with Gasteiger partial charge in [-0.1, -0.05) is 49.7 Å². The van der Waals surface area contributed by atoms with Crippen LogP contribution < -0.4 is 15.1 Å². The Morgan fingerprint density at radius 1 is 1.19 bits per heavy atom. The number of benzene rings is 2. The number of nitrogens with zero attached hydrogens (tertiary/aromatic N) is 2. The van der Waals surface area contributed by atoms with Gasteiger partial charge in [-0.05, 0) is 36.6 Å². The SMILES string of the molecule is CCCc1ccc(/C(C)=N\NC(=O)CN2C(=O)COc3ccccc32)cc1. The van der Waals surface area contributed by atoms with E-state index in [0.29, 0.717) is 17.1 Å². The molecule has 0 saturated heterocycles. The highest BCUT2D eigenvalue weighted by Gasteiger charge is 2.26. The van der Waals surface area contributed by atoms with Crippen LogP contribution in [0.25, 0.3) is 0 Å². The molecule has 0 saturated carbocycles. The van der Waals surface area contributed by atoms with Crippen LogP contribution in [0.2, 0.25) is 0 Å². The summed E-state index contributed by atoms with van der Waals surface area (Å²) in [6.45, 7) is 3.81. The second-order valence-corrected chi connectivity index (χ2v) is 6.42. The highest BCUT2D eigenvalue weighted by molar-refractivity contribution is 6.03. The lowest BCUT2D eigenvalue weighted by atomic mass is 10.1. The topological polar surface area (TPSA) is 71.0 Å². The summed E-state index contributed by atoms with van der Waals surface area (Å²) in [6, 6.07) is 15.3. The first-order valence-corrected chi connectivity index (χ1v) is 9.03. The number of fused-ring (bicyclic) bond motifs is 1. The fraction of sp³-hybridized carbons (Fsp3) is 0.286. The normalized spacial score (nSPS) is 13.8. The Kier molecular flexibility index (Phi) is 5.86. The van der Waals surface area contributed by atoms with Crippen molar-refractivity contribution in [3.05, 3.63) is 59.7 Å². The number of hydrazone groups is 1. The van der Waals surface area contributed by atoms with Crippen molar-refractivity contribution in [1.82, 2.24) is 5.43 Å². The van der Waals surface area contributed by atoms with Crippen LogP contribution in [0.15, 0.2) is 53.6 Å². The molecule has 6 nitrogen and oxygen atoms in total. The van der Waals surface area contributed by atoms with E-state index >= 15 is 0 Å². The zero-order chi connectivity index (χ0) is 19.2. The van der Waals surface area contributed by atoms with Crippen molar-refractivity contribution in [3.8, 4) is 5.75 Å². The molecule has 1 aliphatic heterocycles. The fourth-order valence-electron chi connectivity index (χ4n) is 2.92. The number of anilines is 1. The second kappa shape index (κ2) is 8.49. The number of carbonyl (C=O) groups excluding carboxylic acids is 2. The third-order valence-corrected chi connectivity index (χ3v) is 4.37. The van der Waals surface area contributed by atoms with Gasteiger partial charge in [0.2, 0.25) is 0 Å². The van der Waals surface area contributed by atoms with E-state index in [2.05, 4.69) is 29.6 Å². The van der Waals surface area contributed by atoms with Gasteiger partial charge >= 0.3 is 0 Å². The number of para-hydroxylation sites is 2. The largest absolute Gasteiger partial charge is 0.482 e. The number of ether oxygens (including phenoxy) is 1. The molecule has 0 fully saturated rings. The van der Waals surface area contributed by atoms with Crippen LogP contribution in [-0.4, -0.2) is 30.7 Å². The molecule has 2 aromatic rings. The zero-order valence-corrected chi connectivity index (χ0v) is 15.6. The highest BCUT2D eigenvalue weighted by atomic mass is 16.5. The minimum Gasteiger partial charge on any atom is -0.482 e. The Morgan fingerprint density at radius 3 is 2.67 bits per heavy atom. The molecule has 140 valence electrons. The van der Waals surface area contributed by atoms with Crippen molar-refractivity contribution in [3.63, 3.8) is 0 Å². The molecule has 27 heavy (non-hydrogen) atoms. The summed E-state index contributed by atoms with van der Waals surface area (Å²) in [6.07, 6.45) is 2.15. The molecule has 1 heterocycles. The maximum Gasteiger partial charge on any atom is 0.265 e. The predicted molar refractivity (Wildman–Crippen MR) is 105 cm³/mol. The molecular weight excluding hydrogens is 342 g/mol. The maximum absolute atomic E-state index is 12.3. The van der Waals surface area contributed by atoms with Gasteiger partial charge in [-0.2, -0.15) is 5.10 Å². The summed E-state index contributed by atoms with van der Waals surface area (Å²) < 4.78 is 5.38.